The van der Waals surface area contributed by atoms with Crippen LogP contribution in [0.4, 0.5) is 6.01 Å². The number of carbonyl (C=O) groups excluding carboxylic acids is 2. The Morgan fingerprint density at radius 3 is 2.48 bits per heavy atom. The van der Waals surface area contributed by atoms with Crippen LogP contribution in [-0.2, 0) is 9.47 Å². The van der Waals surface area contributed by atoms with E-state index in [1.807, 2.05) is 0 Å². The number of Topliss-reactive ketones (excluding diaryl/α,β-unsaturated/α-hetero) is 1. The minimum absolute atomic E-state index is 0.0595. The number of hydrogen-bond donors (Lipinski definition) is 1. The Labute approximate surface area is 131 Å². The van der Waals surface area contributed by atoms with Crippen molar-refractivity contribution in [3.63, 3.8) is 0 Å². The molecule has 118 valence electrons. The number of nitrogens with one attached hydrogen (secondary N) is 1. The van der Waals surface area contributed by atoms with Crippen LogP contribution in [0.25, 0.3) is 5.76 Å². The molecule has 0 saturated carbocycles. The third-order valence-electron chi connectivity index (χ3n) is 3.06. The first-order chi connectivity index (χ1) is 11.1. The normalized spacial score (nSPS) is 13.5. The van der Waals surface area contributed by atoms with Gasteiger partial charge in [-0.1, -0.05) is 17.2 Å². The Morgan fingerprint density at radius 1 is 1.09 bits per heavy atom. The van der Waals surface area contributed by atoms with Crippen molar-refractivity contribution in [1.82, 2.24) is 10.2 Å². The lowest BCUT2D eigenvalue weighted by Crippen LogP contribution is -2.12. The van der Waals surface area contributed by atoms with Gasteiger partial charge in [-0.3, -0.25) is 14.9 Å². The van der Waals surface area contributed by atoms with E-state index in [4.69, 9.17) is 13.9 Å². The van der Waals surface area contributed by atoms with Crippen LogP contribution in [0.1, 0.15) is 33.5 Å². The van der Waals surface area contributed by atoms with Gasteiger partial charge >= 0.3 is 6.01 Å². The van der Waals surface area contributed by atoms with E-state index < -0.39 is 5.91 Å². The molecule has 1 aliphatic heterocycles. The molecule has 0 atom stereocenters. The van der Waals surface area contributed by atoms with Gasteiger partial charge < -0.3 is 13.9 Å². The SMILES string of the molecule is CC(=O)c1ccc(C(=O)Nc2nnc(C3=COCCO3)o2)cc1. The minimum atomic E-state index is -0.426. The highest BCUT2D eigenvalue weighted by molar-refractivity contribution is 6.04. The number of hydrogen-bond acceptors (Lipinski definition) is 7. The van der Waals surface area contributed by atoms with Crippen LogP contribution >= 0.6 is 0 Å². The summed E-state index contributed by atoms with van der Waals surface area (Å²) in [5.41, 5.74) is 0.897. The second-order valence-corrected chi connectivity index (χ2v) is 4.70. The maximum atomic E-state index is 12.1. The molecule has 3 rings (SSSR count). The van der Waals surface area contributed by atoms with E-state index in [-0.39, 0.29) is 17.7 Å². The molecule has 0 bridgehead atoms. The van der Waals surface area contributed by atoms with Gasteiger partial charge in [0.2, 0.25) is 5.76 Å². The molecular formula is C15H13N3O5. The Hall–Kier alpha value is -3.16. The predicted molar refractivity (Wildman–Crippen MR) is 78.6 cm³/mol. The molecule has 1 aromatic heterocycles. The van der Waals surface area contributed by atoms with Crippen molar-refractivity contribution in [2.75, 3.05) is 18.5 Å². The lowest BCUT2D eigenvalue weighted by atomic mass is 10.1. The van der Waals surface area contributed by atoms with Gasteiger partial charge in [0.15, 0.2) is 5.78 Å². The van der Waals surface area contributed by atoms with Gasteiger partial charge in [0.1, 0.15) is 19.5 Å². The molecule has 8 nitrogen and oxygen atoms in total. The van der Waals surface area contributed by atoms with Gasteiger partial charge in [-0.05, 0) is 19.1 Å². The van der Waals surface area contributed by atoms with Crippen molar-refractivity contribution in [1.29, 1.82) is 0 Å². The monoisotopic (exact) mass is 315 g/mol. The fourth-order valence-electron chi connectivity index (χ4n) is 1.88. The van der Waals surface area contributed by atoms with E-state index in [0.717, 1.165) is 0 Å². The first-order valence-corrected chi connectivity index (χ1v) is 6.84. The number of ketones is 1. The molecule has 0 unspecified atom stereocenters. The number of carbonyl (C=O) groups is 2. The molecule has 23 heavy (non-hydrogen) atoms. The molecule has 8 heteroatoms. The van der Waals surface area contributed by atoms with Crippen LogP contribution in [0.5, 0.6) is 0 Å². The molecule has 1 N–H and O–H groups in total. The van der Waals surface area contributed by atoms with Crippen LogP contribution in [0.2, 0.25) is 0 Å². The van der Waals surface area contributed by atoms with Crippen molar-refractivity contribution in [2.24, 2.45) is 0 Å². The molecular weight excluding hydrogens is 302 g/mol. The summed E-state index contributed by atoms with van der Waals surface area (Å²) in [6.45, 7) is 2.30. The van der Waals surface area contributed by atoms with Gasteiger partial charge in [0, 0.05) is 11.1 Å². The fraction of sp³-hybridized carbons (Fsp3) is 0.200. The zero-order valence-electron chi connectivity index (χ0n) is 12.2. The highest BCUT2D eigenvalue weighted by Gasteiger charge is 2.17. The zero-order chi connectivity index (χ0) is 16.2. The number of nitrogens with zero attached hydrogens (tertiary/aromatic N) is 2. The molecule has 0 spiro atoms. The Bertz CT molecular complexity index is 764. The summed E-state index contributed by atoms with van der Waals surface area (Å²) in [6.07, 6.45) is 1.38. The molecule has 0 radical (unpaired) electrons. The zero-order valence-corrected chi connectivity index (χ0v) is 12.2. The summed E-state index contributed by atoms with van der Waals surface area (Å²) in [6, 6.07) is 6.19. The first kappa shape index (κ1) is 14.8. The number of aromatic nitrogens is 2. The van der Waals surface area contributed by atoms with Gasteiger partial charge in [-0.15, -0.1) is 5.10 Å². The first-order valence-electron chi connectivity index (χ1n) is 6.84. The fourth-order valence-corrected chi connectivity index (χ4v) is 1.88. The standard InChI is InChI=1S/C15H13N3O5/c1-9(19)10-2-4-11(5-3-10)13(20)16-15-18-17-14(23-15)12-8-21-6-7-22-12/h2-5,8H,6-7H2,1H3,(H,16,18,20). The van der Waals surface area contributed by atoms with Crippen LogP contribution in [-0.4, -0.2) is 35.1 Å². The maximum absolute atomic E-state index is 12.1. The summed E-state index contributed by atoms with van der Waals surface area (Å²) in [5.74, 6) is -0.0615. The van der Waals surface area contributed by atoms with Crippen LogP contribution in [0.15, 0.2) is 34.9 Å². The van der Waals surface area contributed by atoms with E-state index in [1.54, 1.807) is 24.3 Å². The predicted octanol–water partition coefficient (Wildman–Crippen LogP) is 1.87. The van der Waals surface area contributed by atoms with Gasteiger partial charge in [0.05, 0.1) is 0 Å². The average molecular weight is 315 g/mol. The van der Waals surface area contributed by atoms with Crippen molar-refractivity contribution >= 4 is 23.5 Å². The second-order valence-electron chi connectivity index (χ2n) is 4.70. The number of benzene rings is 1. The Balaban J connectivity index is 1.69. The lowest BCUT2D eigenvalue weighted by Gasteiger charge is -2.11. The van der Waals surface area contributed by atoms with Crippen LogP contribution in [0.3, 0.4) is 0 Å². The van der Waals surface area contributed by atoms with Crippen molar-refractivity contribution < 1.29 is 23.5 Å². The van der Waals surface area contributed by atoms with Crippen molar-refractivity contribution in [2.45, 2.75) is 6.92 Å². The number of rotatable bonds is 4. The minimum Gasteiger partial charge on any atom is -0.494 e. The highest BCUT2D eigenvalue weighted by Crippen LogP contribution is 2.19. The summed E-state index contributed by atoms with van der Waals surface area (Å²) in [4.78, 5) is 23.3. The number of ether oxygens (including phenoxy) is 2. The molecule has 1 aliphatic rings. The quantitative estimate of drug-likeness (QED) is 0.859. The average Bonchev–Trinajstić information content (AvgIpc) is 3.04. The topological polar surface area (TPSA) is 104 Å². The molecule has 1 aromatic carbocycles. The molecule has 0 aliphatic carbocycles. The van der Waals surface area contributed by atoms with E-state index in [2.05, 4.69) is 15.5 Å². The van der Waals surface area contributed by atoms with E-state index >= 15 is 0 Å². The second kappa shape index (κ2) is 6.30. The molecule has 2 aromatic rings. The molecule has 1 amide bonds. The van der Waals surface area contributed by atoms with Gasteiger partial charge in [0.25, 0.3) is 11.8 Å². The lowest BCUT2D eigenvalue weighted by molar-refractivity contribution is 0.100. The van der Waals surface area contributed by atoms with Gasteiger partial charge in [-0.25, -0.2) is 0 Å². The summed E-state index contributed by atoms with van der Waals surface area (Å²) in [7, 11) is 0. The summed E-state index contributed by atoms with van der Waals surface area (Å²) >= 11 is 0. The highest BCUT2D eigenvalue weighted by atomic mass is 16.6. The van der Waals surface area contributed by atoms with E-state index in [9.17, 15) is 9.59 Å². The molecule has 0 saturated heterocycles. The smallest absolute Gasteiger partial charge is 0.322 e. The summed E-state index contributed by atoms with van der Waals surface area (Å²) < 4.78 is 15.7. The Kier molecular flexibility index (Phi) is 4.05. The van der Waals surface area contributed by atoms with E-state index in [0.29, 0.717) is 30.1 Å². The third-order valence-corrected chi connectivity index (χ3v) is 3.06. The van der Waals surface area contributed by atoms with Crippen LogP contribution in [0, 0.1) is 0 Å². The third kappa shape index (κ3) is 3.37. The Morgan fingerprint density at radius 2 is 1.83 bits per heavy atom. The molecule has 0 fully saturated rings. The number of anilines is 1. The van der Waals surface area contributed by atoms with Crippen LogP contribution < -0.4 is 5.32 Å². The number of amides is 1. The van der Waals surface area contributed by atoms with Gasteiger partial charge in [-0.2, -0.15) is 0 Å². The van der Waals surface area contributed by atoms with E-state index in [1.165, 1.54) is 13.2 Å². The molecule has 2 heterocycles. The van der Waals surface area contributed by atoms with Crippen molar-refractivity contribution in [3.8, 4) is 0 Å². The van der Waals surface area contributed by atoms with Crippen molar-refractivity contribution in [3.05, 3.63) is 47.5 Å². The summed E-state index contributed by atoms with van der Waals surface area (Å²) in [5, 5.41) is 9.98. The maximum Gasteiger partial charge on any atom is 0.322 e. The largest absolute Gasteiger partial charge is 0.494 e.